The van der Waals surface area contributed by atoms with Gasteiger partial charge in [0.15, 0.2) is 0 Å². The lowest BCUT2D eigenvalue weighted by molar-refractivity contribution is -0.123. The van der Waals surface area contributed by atoms with Gasteiger partial charge in [-0.1, -0.05) is 26.8 Å². The fourth-order valence-electron chi connectivity index (χ4n) is 3.01. The van der Waals surface area contributed by atoms with Gasteiger partial charge in [-0.2, -0.15) is 9.78 Å². The van der Waals surface area contributed by atoms with Crippen molar-refractivity contribution in [1.82, 2.24) is 19.7 Å². The Balaban J connectivity index is 1.82. The molecule has 0 unspecified atom stereocenters. The van der Waals surface area contributed by atoms with Gasteiger partial charge in [0.05, 0.1) is 10.6 Å². The average Bonchev–Trinajstić information content (AvgIpc) is 3.34. The number of aryl methyl sites for hydroxylation is 1. The van der Waals surface area contributed by atoms with Gasteiger partial charge in [0.2, 0.25) is 11.9 Å². The lowest BCUT2D eigenvalue weighted by Crippen LogP contribution is -2.29. The van der Waals surface area contributed by atoms with Crippen molar-refractivity contribution in [3.63, 3.8) is 0 Å². The van der Waals surface area contributed by atoms with Crippen molar-refractivity contribution in [3.8, 4) is 16.5 Å². The second-order valence-electron chi connectivity index (χ2n) is 7.68. The summed E-state index contributed by atoms with van der Waals surface area (Å²) in [6, 6.07) is 5.72. The molecule has 0 aliphatic heterocycles. The summed E-state index contributed by atoms with van der Waals surface area (Å²) in [5.41, 5.74) is 1.60. The number of carbonyl (C=O) groups is 1. The first kappa shape index (κ1) is 17.7. The Morgan fingerprint density at radius 3 is 2.85 bits per heavy atom. The van der Waals surface area contributed by atoms with Gasteiger partial charge in [0.25, 0.3) is 5.56 Å². The number of H-pyrrole nitrogens is 1. The highest BCUT2D eigenvalue weighted by molar-refractivity contribution is 7.13. The fourth-order valence-corrected chi connectivity index (χ4v) is 3.69. The largest absolute Gasteiger partial charge is 0.310 e. The van der Waals surface area contributed by atoms with Crippen LogP contribution in [-0.4, -0.2) is 25.7 Å². The van der Waals surface area contributed by atoms with Gasteiger partial charge in [0, 0.05) is 17.0 Å². The summed E-state index contributed by atoms with van der Waals surface area (Å²) in [6.07, 6.45) is 2.47. The Bertz CT molecular complexity index is 1060. The normalized spacial score (nSPS) is 13.6. The van der Waals surface area contributed by atoms with Gasteiger partial charge in [-0.25, -0.2) is 4.98 Å². The summed E-state index contributed by atoms with van der Waals surface area (Å²) < 4.78 is 1.51. The van der Waals surface area contributed by atoms with Crippen LogP contribution >= 0.6 is 11.3 Å². The smallest absolute Gasteiger partial charge is 0.255 e. The molecule has 0 bridgehead atoms. The molecule has 2 N–H and O–H groups in total. The molecular weight excluding hydrogens is 362 g/mol. The monoisotopic (exact) mass is 383 g/mol. The molecule has 1 aliphatic rings. The first-order valence-electron chi connectivity index (χ1n) is 8.91. The number of fused-ring (bicyclic) bond motifs is 1. The van der Waals surface area contributed by atoms with Gasteiger partial charge in [0.1, 0.15) is 11.5 Å². The topological polar surface area (TPSA) is 92.7 Å². The van der Waals surface area contributed by atoms with E-state index in [9.17, 15) is 9.59 Å². The SMILES string of the molecule is CC(C)(C)C(=O)Nc1cc(-c2cccs2)nn1-c1nc2c(c(=O)[nH]1)CCC2. The first-order chi connectivity index (χ1) is 12.8. The number of hydrogen-bond acceptors (Lipinski definition) is 5. The zero-order chi connectivity index (χ0) is 19.2. The van der Waals surface area contributed by atoms with E-state index < -0.39 is 5.41 Å². The van der Waals surface area contributed by atoms with Crippen LogP contribution in [-0.2, 0) is 17.6 Å². The maximum atomic E-state index is 12.5. The molecule has 3 aromatic rings. The van der Waals surface area contributed by atoms with E-state index in [0.717, 1.165) is 41.1 Å². The van der Waals surface area contributed by atoms with Crippen LogP contribution in [0.1, 0.15) is 38.4 Å². The number of nitrogens with zero attached hydrogens (tertiary/aromatic N) is 3. The highest BCUT2D eigenvalue weighted by Gasteiger charge is 2.25. The summed E-state index contributed by atoms with van der Waals surface area (Å²) >= 11 is 1.56. The van der Waals surface area contributed by atoms with E-state index >= 15 is 0 Å². The molecule has 4 rings (SSSR count). The summed E-state index contributed by atoms with van der Waals surface area (Å²) in [7, 11) is 0. The van der Waals surface area contributed by atoms with Crippen LogP contribution in [0.2, 0.25) is 0 Å². The molecule has 140 valence electrons. The Morgan fingerprint density at radius 1 is 1.33 bits per heavy atom. The molecule has 0 saturated heterocycles. The minimum atomic E-state index is -0.559. The molecule has 7 nitrogen and oxygen atoms in total. The molecule has 1 amide bonds. The Hall–Kier alpha value is -2.74. The number of aromatic amines is 1. The van der Waals surface area contributed by atoms with E-state index in [-0.39, 0.29) is 11.5 Å². The third kappa shape index (κ3) is 3.32. The van der Waals surface area contributed by atoms with Gasteiger partial charge in [-0.3, -0.25) is 14.6 Å². The second-order valence-corrected chi connectivity index (χ2v) is 8.62. The Labute approximate surface area is 160 Å². The number of hydrogen-bond donors (Lipinski definition) is 2. The van der Waals surface area contributed by atoms with E-state index in [0.29, 0.717) is 11.8 Å². The summed E-state index contributed by atoms with van der Waals surface area (Å²) in [4.78, 5) is 33.3. The Morgan fingerprint density at radius 2 is 2.15 bits per heavy atom. The first-order valence-corrected chi connectivity index (χ1v) is 9.79. The molecule has 0 spiro atoms. The molecule has 27 heavy (non-hydrogen) atoms. The minimum Gasteiger partial charge on any atom is -0.310 e. The number of carbonyl (C=O) groups excluding carboxylic acids is 1. The van der Waals surface area contributed by atoms with Crippen LogP contribution in [0, 0.1) is 5.41 Å². The molecule has 3 heterocycles. The second kappa shape index (κ2) is 6.45. The van der Waals surface area contributed by atoms with Crippen molar-refractivity contribution >= 4 is 23.1 Å². The molecule has 1 aliphatic carbocycles. The number of aromatic nitrogens is 4. The maximum absolute atomic E-state index is 12.5. The van der Waals surface area contributed by atoms with Crippen LogP contribution in [0.4, 0.5) is 5.82 Å². The lowest BCUT2D eigenvalue weighted by Gasteiger charge is -2.18. The highest BCUT2D eigenvalue weighted by atomic mass is 32.1. The summed E-state index contributed by atoms with van der Waals surface area (Å²) in [6.45, 7) is 5.54. The van der Waals surface area contributed by atoms with Gasteiger partial charge in [-0.15, -0.1) is 11.3 Å². The zero-order valence-electron chi connectivity index (χ0n) is 15.5. The standard InChI is InChI=1S/C19H21N5O2S/c1-19(2,3)17(26)21-15-10-13(14-8-5-9-27-14)23-24(15)18-20-12-7-4-6-11(12)16(25)22-18/h5,8-10H,4,6-7H2,1-3H3,(H,21,26)(H,20,22,25). The predicted octanol–water partition coefficient (Wildman–Crippen LogP) is 3.16. The summed E-state index contributed by atoms with van der Waals surface area (Å²) in [5, 5.41) is 9.50. The predicted molar refractivity (Wildman–Crippen MR) is 105 cm³/mol. The van der Waals surface area contributed by atoms with Crippen LogP contribution in [0.15, 0.2) is 28.4 Å². The van der Waals surface area contributed by atoms with Crippen molar-refractivity contribution in [3.05, 3.63) is 45.2 Å². The van der Waals surface area contributed by atoms with Crippen molar-refractivity contribution in [1.29, 1.82) is 0 Å². The molecular formula is C19H21N5O2S. The zero-order valence-corrected chi connectivity index (χ0v) is 16.3. The fraction of sp³-hybridized carbons (Fsp3) is 0.368. The van der Waals surface area contributed by atoms with Crippen molar-refractivity contribution < 1.29 is 4.79 Å². The van der Waals surface area contributed by atoms with E-state index in [1.54, 1.807) is 11.3 Å². The molecule has 0 aromatic carbocycles. The third-order valence-electron chi connectivity index (χ3n) is 4.54. The highest BCUT2D eigenvalue weighted by Crippen LogP contribution is 2.28. The number of anilines is 1. The Kier molecular flexibility index (Phi) is 4.22. The molecule has 8 heteroatoms. The average molecular weight is 383 g/mol. The van der Waals surface area contributed by atoms with Crippen LogP contribution in [0.5, 0.6) is 0 Å². The van der Waals surface area contributed by atoms with Crippen LogP contribution in [0.25, 0.3) is 16.5 Å². The van der Waals surface area contributed by atoms with E-state index in [2.05, 4.69) is 20.4 Å². The van der Waals surface area contributed by atoms with Gasteiger partial charge < -0.3 is 5.32 Å². The van der Waals surface area contributed by atoms with E-state index in [1.165, 1.54) is 4.68 Å². The van der Waals surface area contributed by atoms with Crippen LogP contribution < -0.4 is 10.9 Å². The number of thiophene rings is 1. The molecule has 0 fully saturated rings. The van der Waals surface area contributed by atoms with E-state index in [4.69, 9.17) is 0 Å². The van der Waals surface area contributed by atoms with Crippen molar-refractivity contribution in [2.24, 2.45) is 5.41 Å². The molecule has 0 saturated carbocycles. The van der Waals surface area contributed by atoms with E-state index in [1.807, 2.05) is 44.4 Å². The molecule has 0 radical (unpaired) electrons. The number of amides is 1. The van der Waals surface area contributed by atoms with Crippen molar-refractivity contribution in [2.45, 2.75) is 40.0 Å². The quantitative estimate of drug-likeness (QED) is 0.727. The number of rotatable bonds is 3. The molecule has 0 atom stereocenters. The van der Waals surface area contributed by atoms with Gasteiger partial charge >= 0.3 is 0 Å². The maximum Gasteiger partial charge on any atom is 0.255 e. The van der Waals surface area contributed by atoms with Crippen LogP contribution in [0.3, 0.4) is 0 Å². The third-order valence-corrected chi connectivity index (χ3v) is 5.43. The van der Waals surface area contributed by atoms with Crippen molar-refractivity contribution in [2.75, 3.05) is 5.32 Å². The lowest BCUT2D eigenvalue weighted by atomic mass is 9.96. The number of nitrogens with one attached hydrogen (secondary N) is 2. The summed E-state index contributed by atoms with van der Waals surface area (Å²) in [5.74, 6) is 0.678. The minimum absolute atomic E-state index is 0.131. The molecule has 3 aromatic heterocycles. The van der Waals surface area contributed by atoms with Gasteiger partial charge in [-0.05, 0) is 30.7 Å².